The Balaban J connectivity index is 2.43. The molecule has 0 aliphatic rings. The summed E-state index contributed by atoms with van der Waals surface area (Å²) < 4.78 is 0. The third-order valence-corrected chi connectivity index (χ3v) is 3.67. The molecule has 1 unspecified atom stereocenters. The summed E-state index contributed by atoms with van der Waals surface area (Å²) in [5.41, 5.74) is 4.90. The molecule has 0 saturated carbocycles. The fraction of sp³-hybridized carbons (Fsp3) is 0.278. The van der Waals surface area contributed by atoms with Gasteiger partial charge < -0.3 is 5.32 Å². The zero-order valence-corrected chi connectivity index (χ0v) is 12.3. The van der Waals surface area contributed by atoms with Gasteiger partial charge in [-0.2, -0.15) is 0 Å². The van der Waals surface area contributed by atoms with E-state index >= 15 is 0 Å². The minimum atomic E-state index is 0.0684. The predicted octanol–water partition coefficient (Wildman–Crippen LogP) is 3.57. The number of nitrogens with one attached hydrogen (secondary N) is 1. The van der Waals surface area contributed by atoms with Crippen LogP contribution in [0.5, 0.6) is 0 Å². The largest absolute Gasteiger partial charge is 0.359 e. The van der Waals surface area contributed by atoms with Crippen LogP contribution in [-0.4, -0.2) is 13.0 Å². The summed E-state index contributed by atoms with van der Waals surface area (Å²) >= 11 is 0. The van der Waals surface area contributed by atoms with E-state index < -0.39 is 0 Å². The van der Waals surface area contributed by atoms with Crippen LogP contribution >= 0.6 is 0 Å². The third kappa shape index (κ3) is 3.27. The molecule has 1 amide bonds. The van der Waals surface area contributed by atoms with Crippen molar-refractivity contribution in [2.24, 2.45) is 0 Å². The smallest absolute Gasteiger partial charge is 0.220 e. The number of carbonyl (C=O) groups excluding carboxylic acids is 1. The number of carbonyl (C=O) groups is 1. The fourth-order valence-electron chi connectivity index (χ4n) is 2.60. The van der Waals surface area contributed by atoms with E-state index in [1.165, 1.54) is 22.3 Å². The first-order valence-electron chi connectivity index (χ1n) is 6.94. The zero-order valence-electron chi connectivity index (χ0n) is 12.3. The molecule has 0 aliphatic carbocycles. The predicted molar refractivity (Wildman–Crippen MR) is 82.9 cm³/mol. The minimum Gasteiger partial charge on any atom is -0.359 e. The van der Waals surface area contributed by atoms with Crippen molar-refractivity contribution in [2.45, 2.75) is 26.2 Å². The Hall–Kier alpha value is -2.09. The van der Waals surface area contributed by atoms with E-state index in [9.17, 15) is 4.79 Å². The highest BCUT2D eigenvalue weighted by Crippen LogP contribution is 2.30. The molecule has 20 heavy (non-hydrogen) atoms. The lowest BCUT2D eigenvalue weighted by atomic mass is 9.85. The summed E-state index contributed by atoms with van der Waals surface area (Å²) in [6.45, 7) is 4.20. The maximum atomic E-state index is 11.8. The van der Waals surface area contributed by atoms with Crippen LogP contribution in [0, 0.1) is 13.8 Å². The zero-order chi connectivity index (χ0) is 14.5. The van der Waals surface area contributed by atoms with Crippen molar-refractivity contribution in [2.75, 3.05) is 7.05 Å². The van der Waals surface area contributed by atoms with Gasteiger partial charge in [-0.25, -0.2) is 0 Å². The molecule has 0 radical (unpaired) electrons. The molecule has 2 nitrogen and oxygen atoms in total. The number of amides is 1. The van der Waals surface area contributed by atoms with Gasteiger partial charge in [0, 0.05) is 19.4 Å². The number of hydrogen-bond donors (Lipinski definition) is 1. The Morgan fingerprint density at radius 3 is 2.40 bits per heavy atom. The summed E-state index contributed by atoms with van der Waals surface area (Å²) in [5.74, 6) is 0.176. The maximum Gasteiger partial charge on any atom is 0.220 e. The lowest BCUT2D eigenvalue weighted by Crippen LogP contribution is -2.21. The second kappa shape index (κ2) is 6.38. The molecule has 2 aromatic rings. The lowest BCUT2D eigenvalue weighted by molar-refractivity contribution is -0.120. The van der Waals surface area contributed by atoms with Crippen LogP contribution in [0.1, 0.15) is 34.6 Å². The van der Waals surface area contributed by atoms with E-state index in [1.807, 2.05) is 18.2 Å². The molecule has 0 fully saturated rings. The first-order valence-corrected chi connectivity index (χ1v) is 6.94. The molecule has 0 bridgehead atoms. The molecule has 0 spiro atoms. The van der Waals surface area contributed by atoms with E-state index in [0.717, 1.165) is 0 Å². The Morgan fingerprint density at radius 1 is 1.10 bits per heavy atom. The number of aryl methyl sites for hydroxylation is 2. The Morgan fingerprint density at radius 2 is 1.80 bits per heavy atom. The summed E-state index contributed by atoms with van der Waals surface area (Å²) in [6.07, 6.45) is 0.477. The van der Waals surface area contributed by atoms with Gasteiger partial charge in [-0.05, 0) is 30.5 Å². The standard InChI is InChI=1S/C18H21NO/c1-13-9-10-16(14(2)11-13)17(12-18(20)19-3)15-7-5-4-6-8-15/h4-11,17H,12H2,1-3H3,(H,19,20). The van der Waals surface area contributed by atoms with Crippen molar-refractivity contribution in [3.05, 3.63) is 70.8 Å². The van der Waals surface area contributed by atoms with Crippen LogP contribution in [0.15, 0.2) is 48.5 Å². The lowest BCUT2D eigenvalue weighted by Gasteiger charge is -2.20. The third-order valence-electron chi connectivity index (χ3n) is 3.67. The summed E-state index contributed by atoms with van der Waals surface area (Å²) in [4.78, 5) is 11.8. The molecule has 2 aromatic carbocycles. The summed E-state index contributed by atoms with van der Waals surface area (Å²) in [5, 5.41) is 2.73. The average Bonchev–Trinajstić information content (AvgIpc) is 2.46. The molecule has 0 saturated heterocycles. The van der Waals surface area contributed by atoms with Gasteiger partial charge >= 0.3 is 0 Å². The van der Waals surface area contributed by atoms with E-state index in [2.05, 4.69) is 49.5 Å². The number of benzene rings is 2. The molecule has 1 N–H and O–H groups in total. The van der Waals surface area contributed by atoms with Gasteiger partial charge in [-0.3, -0.25) is 4.79 Å². The van der Waals surface area contributed by atoms with Crippen molar-refractivity contribution in [3.8, 4) is 0 Å². The van der Waals surface area contributed by atoms with Gasteiger partial charge in [0.05, 0.1) is 0 Å². The molecular formula is C18H21NO. The molecular weight excluding hydrogens is 246 g/mol. The molecule has 0 heterocycles. The van der Waals surface area contributed by atoms with E-state index in [-0.39, 0.29) is 11.8 Å². The monoisotopic (exact) mass is 267 g/mol. The van der Waals surface area contributed by atoms with E-state index in [1.54, 1.807) is 7.05 Å². The molecule has 104 valence electrons. The van der Waals surface area contributed by atoms with Crippen molar-refractivity contribution in [1.82, 2.24) is 5.32 Å². The Kier molecular flexibility index (Phi) is 4.57. The molecule has 1 atom stereocenters. The fourth-order valence-corrected chi connectivity index (χ4v) is 2.60. The first kappa shape index (κ1) is 14.3. The SMILES string of the molecule is CNC(=O)CC(c1ccccc1)c1ccc(C)cc1C. The molecule has 2 heteroatoms. The van der Waals surface area contributed by atoms with Crippen molar-refractivity contribution >= 4 is 5.91 Å². The molecule has 0 aromatic heterocycles. The summed E-state index contributed by atoms with van der Waals surface area (Å²) in [7, 11) is 1.69. The van der Waals surface area contributed by atoms with Crippen LogP contribution in [-0.2, 0) is 4.79 Å². The van der Waals surface area contributed by atoms with Crippen LogP contribution in [0.2, 0.25) is 0 Å². The van der Waals surface area contributed by atoms with Gasteiger partial charge in [-0.15, -0.1) is 0 Å². The minimum absolute atomic E-state index is 0.0684. The van der Waals surface area contributed by atoms with Gasteiger partial charge in [-0.1, -0.05) is 54.1 Å². The van der Waals surface area contributed by atoms with Gasteiger partial charge in [0.1, 0.15) is 0 Å². The molecule has 0 aliphatic heterocycles. The summed E-state index contributed by atoms with van der Waals surface area (Å²) in [6, 6.07) is 16.7. The van der Waals surface area contributed by atoms with E-state index in [4.69, 9.17) is 0 Å². The van der Waals surface area contributed by atoms with Crippen LogP contribution in [0.4, 0.5) is 0 Å². The van der Waals surface area contributed by atoms with Crippen molar-refractivity contribution < 1.29 is 4.79 Å². The van der Waals surface area contributed by atoms with Crippen LogP contribution in [0.3, 0.4) is 0 Å². The topological polar surface area (TPSA) is 29.1 Å². The number of hydrogen-bond acceptors (Lipinski definition) is 1. The van der Waals surface area contributed by atoms with E-state index in [0.29, 0.717) is 6.42 Å². The highest BCUT2D eigenvalue weighted by molar-refractivity contribution is 5.77. The quantitative estimate of drug-likeness (QED) is 0.901. The number of rotatable bonds is 4. The van der Waals surface area contributed by atoms with Crippen LogP contribution in [0.25, 0.3) is 0 Å². The second-order valence-corrected chi connectivity index (χ2v) is 5.20. The average molecular weight is 267 g/mol. The Labute approximate surface area is 120 Å². The maximum absolute atomic E-state index is 11.8. The highest BCUT2D eigenvalue weighted by Gasteiger charge is 2.19. The van der Waals surface area contributed by atoms with Gasteiger partial charge in [0.25, 0.3) is 0 Å². The van der Waals surface area contributed by atoms with Crippen molar-refractivity contribution in [1.29, 1.82) is 0 Å². The second-order valence-electron chi connectivity index (χ2n) is 5.20. The van der Waals surface area contributed by atoms with Crippen LogP contribution < -0.4 is 5.32 Å². The Bertz CT molecular complexity index is 590. The van der Waals surface area contributed by atoms with Crippen molar-refractivity contribution in [3.63, 3.8) is 0 Å². The van der Waals surface area contributed by atoms with Gasteiger partial charge in [0.2, 0.25) is 5.91 Å². The molecule has 2 rings (SSSR count). The highest BCUT2D eigenvalue weighted by atomic mass is 16.1. The van der Waals surface area contributed by atoms with Gasteiger partial charge in [0.15, 0.2) is 0 Å². The first-order chi connectivity index (χ1) is 9.61. The normalized spacial score (nSPS) is 11.9.